The van der Waals surface area contributed by atoms with Crippen LogP contribution in [0.3, 0.4) is 0 Å². The Labute approximate surface area is 87.0 Å². The van der Waals surface area contributed by atoms with Crippen LogP contribution in [0.15, 0.2) is 4.47 Å². The summed E-state index contributed by atoms with van der Waals surface area (Å²) in [6, 6.07) is 0. The number of carbonyl (C=O) groups excluding carboxylic acids is 1. The van der Waals surface area contributed by atoms with Gasteiger partial charge in [0.25, 0.3) is 0 Å². The number of hydrogen-bond acceptors (Lipinski definition) is 2. The van der Waals surface area contributed by atoms with E-state index < -0.39 is 11.6 Å². The van der Waals surface area contributed by atoms with E-state index in [2.05, 4.69) is 15.9 Å². The fraction of sp³-hybridized carbons (Fsp3) is 0.222. The summed E-state index contributed by atoms with van der Waals surface area (Å²) in [5, 5.41) is 0. The molecule has 74 valence electrons. The van der Waals surface area contributed by atoms with Gasteiger partial charge in [0, 0.05) is 12.0 Å². The van der Waals surface area contributed by atoms with Gasteiger partial charge in [-0.25, -0.2) is 8.78 Å². The quantitative estimate of drug-likeness (QED) is 0.574. The molecule has 5 heteroatoms. The molecular formula is C9H5BrF2O2. The first-order chi connectivity index (χ1) is 6.66. The van der Waals surface area contributed by atoms with E-state index in [4.69, 9.17) is 4.74 Å². The fourth-order valence-corrected chi connectivity index (χ4v) is 1.94. The Bertz CT molecular complexity index is 418. The van der Waals surface area contributed by atoms with Crippen LogP contribution in [0.1, 0.15) is 15.9 Å². The molecular weight excluding hydrogens is 258 g/mol. The number of fused-ring (bicyclic) bond motifs is 1. The van der Waals surface area contributed by atoms with Gasteiger partial charge in [0.2, 0.25) is 0 Å². The molecule has 2 rings (SSSR count). The zero-order valence-corrected chi connectivity index (χ0v) is 8.53. The van der Waals surface area contributed by atoms with E-state index in [-0.39, 0.29) is 34.2 Å². The molecule has 1 aromatic rings. The number of halogens is 3. The highest BCUT2D eigenvalue weighted by molar-refractivity contribution is 9.10. The van der Waals surface area contributed by atoms with Crippen molar-refractivity contribution in [2.24, 2.45) is 0 Å². The molecule has 14 heavy (non-hydrogen) atoms. The van der Waals surface area contributed by atoms with Crippen LogP contribution in [-0.4, -0.2) is 12.9 Å². The molecule has 0 radical (unpaired) electrons. The molecule has 0 aliphatic carbocycles. The molecule has 0 saturated carbocycles. The van der Waals surface area contributed by atoms with E-state index in [1.165, 1.54) is 0 Å². The highest BCUT2D eigenvalue weighted by atomic mass is 79.9. The third kappa shape index (κ3) is 1.15. The van der Waals surface area contributed by atoms with Crippen LogP contribution in [-0.2, 0) is 6.42 Å². The van der Waals surface area contributed by atoms with Crippen molar-refractivity contribution >= 4 is 22.2 Å². The van der Waals surface area contributed by atoms with Gasteiger partial charge < -0.3 is 4.74 Å². The lowest BCUT2D eigenvalue weighted by atomic mass is 10.1. The summed E-state index contributed by atoms with van der Waals surface area (Å²) in [5.74, 6) is -1.53. The van der Waals surface area contributed by atoms with Gasteiger partial charge in [-0.1, -0.05) is 0 Å². The van der Waals surface area contributed by atoms with Gasteiger partial charge in [-0.2, -0.15) is 0 Å². The molecule has 0 atom stereocenters. The fourth-order valence-electron chi connectivity index (χ4n) is 1.43. The van der Waals surface area contributed by atoms with Gasteiger partial charge in [0.15, 0.2) is 17.9 Å². The first-order valence-corrected chi connectivity index (χ1v) is 4.73. The molecule has 0 unspecified atom stereocenters. The Morgan fingerprint density at radius 1 is 1.36 bits per heavy atom. The number of hydrogen-bond donors (Lipinski definition) is 0. The van der Waals surface area contributed by atoms with Crippen molar-refractivity contribution in [1.82, 2.24) is 0 Å². The largest absolute Gasteiger partial charge is 0.490 e. The summed E-state index contributed by atoms with van der Waals surface area (Å²) < 4.78 is 31.7. The molecule has 1 aliphatic rings. The van der Waals surface area contributed by atoms with Crippen molar-refractivity contribution in [3.63, 3.8) is 0 Å². The summed E-state index contributed by atoms with van der Waals surface area (Å²) in [6.45, 7) is 0.248. The zero-order valence-electron chi connectivity index (χ0n) is 6.94. The second-order valence-corrected chi connectivity index (χ2v) is 3.67. The predicted octanol–water partition coefficient (Wildman–Crippen LogP) is 2.47. The highest BCUT2D eigenvalue weighted by Gasteiger charge is 2.27. The molecule has 0 bridgehead atoms. The Kier molecular flexibility index (Phi) is 2.26. The summed E-state index contributed by atoms with van der Waals surface area (Å²) >= 11 is 2.84. The summed E-state index contributed by atoms with van der Waals surface area (Å²) in [7, 11) is 0. The minimum absolute atomic E-state index is 0.130. The molecule has 0 aromatic heterocycles. The van der Waals surface area contributed by atoms with Crippen LogP contribution in [0.25, 0.3) is 0 Å². The van der Waals surface area contributed by atoms with E-state index >= 15 is 0 Å². The van der Waals surface area contributed by atoms with Crippen molar-refractivity contribution in [1.29, 1.82) is 0 Å². The van der Waals surface area contributed by atoms with E-state index in [9.17, 15) is 13.6 Å². The average Bonchev–Trinajstić information content (AvgIpc) is 2.64. The molecule has 1 heterocycles. The maximum Gasteiger partial charge on any atom is 0.177 e. The third-order valence-electron chi connectivity index (χ3n) is 2.12. The van der Waals surface area contributed by atoms with E-state index in [1.807, 2.05) is 0 Å². The Hall–Kier alpha value is -0.970. The molecule has 0 fully saturated rings. The van der Waals surface area contributed by atoms with Gasteiger partial charge >= 0.3 is 0 Å². The molecule has 0 amide bonds. The van der Waals surface area contributed by atoms with Crippen molar-refractivity contribution in [2.45, 2.75) is 6.42 Å². The number of ether oxygens (including phenoxy) is 1. The van der Waals surface area contributed by atoms with Crippen LogP contribution in [0.5, 0.6) is 5.75 Å². The third-order valence-corrected chi connectivity index (χ3v) is 2.90. The van der Waals surface area contributed by atoms with Gasteiger partial charge in [0.05, 0.1) is 16.6 Å². The van der Waals surface area contributed by atoms with Crippen molar-refractivity contribution in [3.05, 3.63) is 27.2 Å². The number of aldehydes is 1. The first kappa shape index (κ1) is 9.58. The topological polar surface area (TPSA) is 26.3 Å². The summed E-state index contributed by atoms with van der Waals surface area (Å²) in [6.07, 6.45) is 0.598. The van der Waals surface area contributed by atoms with Crippen LogP contribution in [0.4, 0.5) is 8.78 Å². The number of rotatable bonds is 1. The number of benzene rings is 1. The maximum absolute atomic E-state index is 13.5. The molecule has 0 saturated heterocycles. The van der Waals surface area contributed by atoms with Crippen molar-refractivity contribution < 1.29 is 18.3 Å². The zero-order chi connectivity index (χ0) is 10.3. The van der Waals surface area contributed by atoms with E-state index in [1.54, 1.807) is 0 Å². The molecule has 2 nitrogen and oxygen atoms in total. The summed E-state index contributed by atoms with van der Waals surface area (Å²) in [4.78, 5) is 10.5. The maximum atomic E-state index is 13.5. The normalized spacial score (nSPS) is 13.6. The van der Waals surface area contributed by atoms with Crippen molar-refractivity contribution in [2.75, 3.05) is 6.61 Å². The van der Waals surface area contributed by atoms with Gasteiger partial charge in [-0.05, 0) is 15.9 Å². The predicted molar refractivity (Wildman–Crippen MR) is 48.6 cm³/mol. The molecule has 0 N–H and O–H groups in total. The Balaban J connectivity index is 2.79. The molecule has 1 aliphatic heterocycles. The highest BCUT2D eigenvalue weighted by Crippen LogP contribution is 2.37. The van der Waals surface area contributed by atoms with Gasteiger partial charge in [0.1, 0.15) is 5.82 Å². The van der Waals surface area contributed by atoms with Gasteiger partial charge in [-0.15, -0.1) is 0 Å². The lowest BCUT2D eigenvalue weighted by Crippen LogP contribution is -1.98. The van der Waals surface area contributed by atoms with Crippen molar-refractivity contribution in [3.8, 4) is 5.75 Å². The Morgan fingerprint density at radius 2 is 2.07 bits per heavy atom. The molecule has 0 spiro atoms. The first-order valence-electron chi connectivity index (χ1n) is 3.94. The second-order valence-electron chi connectivity index (χ2n) is 2.88. The van der Waals surface area contributed by atoms with Gasteiger partial charge in [-0.3, -0.25) is 4.79 Å². The number of carbonyl (C=O) groups is 1. The minimum atomic E-state index is -0.791. The smallest absolute Gasteiger partial charge is 0.177 e. The van der Waals surface area contributed by atoms with Crippen LogP contribution >= 0.6 is 15.9 Å². The van der Waals surface area contributed by atoms with Crippen LogP contribution < -0.4 is 4.74 Å². The summed E-state index contributed by atoms with van der Waals surface area (Å²) in [5.41, 5.74) is -0.136. The lowest BCUT2D eigenvalue weighted by Gasteiger charge is -2.06. The van der Waals surface area contributed by atoms with E-state index in [0.29, 0.717) is 6.42 Å². The van der Waals surface area contributed by atoms with E-state index in [0.717, 1.165) is 0 Å². The SMILES string of the molecule is O=Cc1c(F)c2c(c(F)c1Br)CCO2. The standard InChI is InChI=1S/C9H5BrF2O2/c10-6-5(3-13)8(12)9-4(7(6)11)1-2-14-9/h3H,1-2H2. The second kappa shape index (κ2) is 3.31. The van der Waals surface area contributed by atoms with Crippen LogP contribution in [0, 0.1) is 11.6 Å². The minimum Gasteiger partial charge on any atom is -0.490 e. The Morgan fingerprint density at radius 3 is 2.71 bits per heavy atom. The average molecular weight is 263 g/mol. The van der Waals surface area contributed by atoms with Crippen LogP contribution in [0.2, 0.25) is 0 Å². The lowest BCUT2D eigenvalue weighted by molar-refractivity contribution is 0.111. The molecule has 1 aromatic carbocycles. The monoisotopic (exact) mass is 262 g/mol.